The summed E-state index contributed by atoms with van der Waals surface area (Å²) >= 11 is 0. The summed E-state index contributed by atoms with van der Waals surface area (Å²) in [4.78, 5) is 62.9. The van der Waals surface area contributed by atoms with E-state index in [2.05, 4.69) is 0 Å². The Kier molecular flexibility index (Phi) is 7.33. The standard InChI is InChI=1S/C28H32O13/c1-12(2)7-18(31)35-9-15-8-17-23(38-17)28(6)24(41-28)22-19(16(25(32)39-22)10-34-13(3)29)21(37-14(4)30)20(15)40-26(33)27(5)11-36-27/h7-8,17,20-24H,9-11H2,1-6H3/b15-8-/t17-,20-,21-,22-,23+,24+,27+,28-/m1/s1. The fourth-order valence-corrected chi connectivity index (χ4v) is 5.09. The van der Waals surface area contributed by atoms with Gasteiger partial charge in [-0.25, -0.2) is 14.4 Å². The molecule has 4 heterocycles. The van der Waals surface area contributed by atoms with Crippen molar-refractivity contribution in [3.8, 4) is 0 Å². The molecule has 0 N–H and O–H groups in total. The monoisotopic (exact) mass is 576 g/mol. The highest BCUT2D eigenvalue weighted by atomic mass is 16.7. The third kappa shape index (κ3) is 5.79. The third-order valence-corrected chi connectivity index (χ3v) is 7.46. The SMILES string of the molecule is CC(=O)OCC1=C2[C@@H](OC(C)=O)[C@H](OC(=O)[C@]3(C)CO3)/C(COC(=O)C=C(C)C)=C\[C@H]3O[C@@H]3[C@@]3(C)O[C@H]3[C@@H]2OC1=O. The summed E-state index contributed by atoms with van der Waals surface area (Å²) in [6.07, 6.45) is -2.64. The van der Waals surface area contributed by atoms with Crippen LogP contribution in [0.25, 0.3) is 0 Å². The van der Waals surface area contributed by atoms with Gasteiger partial charge < -0.3 is 37.9 Å². The molecule has 5 aliphatic rings. The molecular formula is C28H32O13. The maximum atomic E-state index is 13.2. The zero-order valence-corrected chi connectivity index (χ0v) is 23.5. The summed E-state index contributed by atoms with van der Waals surface area (Å²) < 4.78 is 45.1. The van der Waals surface area contributed by atoms with Gasteiger partial charge in [0.25, 0.3) is 0 Å². The fraction of sp³-hybridized carbons (Fsp3) is 0.607. The molecule has 13 nitrogen and oxygen atoms in total. The van der Waals surface area contributed by atoms with Crippen LogP contribution in [0.5, 0.6) is 0 Å². The molecule has 3 fully saturated rings. The average Bonchev–Trinajstić information content (AvgIpc) is 3.80. The van der Waals surface area contributed by atoms with E-state index in [1.54, 1.807) is 26.8 Å². The first-order valence-electron chi connectivity index (χ1n) is 13.2. The van der Waals surface area contributed by atoms with E-state index in [0.29, 0.717) is 5.57 Å². The number of hydrogen-bond acceptors (Lipinski definition) is 13. The molecule has 4 aliphatic heterocycles. The van der Waals surface area contributed by atoms with E-state index in [4.69, 9.17) is 37.9 Å². The number of epoxide rings is 3. The molecule has 0 saturated carbocycles. The number of carbonyl (C=O) groups excluding carboxylic acids is 5. The van der Waals surface area contributed by atoms with E-state index in [0.717, 1.165) is 6.92 Å². The van der Waals surface area contributed by atoms with Crippen LogP contribution in [0.1, 0.15) is 41.5 Å². The Balaban J connectivity index is 1.63. The van der Waals surface area contributed by atoms with Crippen LogP contribution < -0.4 is 0 Å². The highest BCUT2D eigenvalue weighted by Gasteiger charge is 2.72. The van der Waals surface area contributed by atoms with E-state index in [1.807, 2.05) is 0 Å². The lowest BCUT2D eigenvalue weighted by Gasteiger charge is -2.32. The molecule has 0 radical (unpaired) electrons. The van der Waals surface area contributed by atoms with Gasteiger partial charge in [0.2, 0.25) is 0 Å². The minimum atomic E-state index is -1.45. The second kappa shape index (κ2) is 10.4. The van der Waals surface area contributed by atoms with Gasteiger partial charge in [-0.3, -0.25) is 9.59 Å². The molecule has 0 amide bonds. The largest absolute Gasteiger partial charge is 0.461 e. The molecule has 0 aromatic heterocycles. The Morgan fingerprint density at radius 3 is 2.29 bits per heavy atom. The van der Waals surface area contributed by atoms with Crippen LogP contribution in [0.15, 0.2) is 34.4 Å². The third-order valence-electron chi connectivity index (χ3n) is 7.46. The van der Waals surface area contributed by atoms with Gasteiger partial charge in [-0.2, -0.15) is 0 Å². The van der Waals surface area contributed by atoms with Crippen molar-refractivity contribution < 1.29 is 61.9 Å². The Bertz CT molecular complexity index is 1280. The normalized spacial score (nSPS) is 37.5. The van der Waals surface area contributed by atoms with Crippen molar-refractivity contribution >= 4 is 29.8 Å². The summed E-state index contributed by atoms with van der Waals surface area (Å²) in [6, 6.07) is 0. The van der Waals surface area contributed by atoms with Crippen molar-refractivity contribution in [3.63, 3.8) is 0 Å². The van der Waals surface area contributed by atoms with Crippen molar-refractivity contribution in [1.29, 1.82) is 0 Å². The van der Waals surface area contributed by atoms with E-state index in [9.17, 15) is 24.0 Å². The predicted molar refractivity (Wildman–Crippen MR) is 134 cm³/mol. The van der Waals surface area contributed by atoms with Gasteiger partial charge in [-0.15, -0.1) is 0 Å². The van der Waals surface area contributed by atoms with Crippen molar-refractivity contribution in [2.24, 2.45) is 0 Å². The molecule has 8 atom stereocenters. The highest BCUT2D eigenvalue weighted by molar-refractivity contribution is 5.94. The highest BCUT2D eigenvalue weighted by Crippen LogP contribution is 2.55. The first-order valence-corrected chi connectivity index (χ1v) is 13.2. The molecule has 5 rings (SSSR count). The van der Waals surface area contributed by atoms with Crippen LogP contribution in [0, 0.1) is 0 Å². The number of hydrogen-bond donors (Lipinski definition) is 0. The van der Waals surface area contributed by atoms with E-state index in [-0.39, 0.29) is 29.9 Å². The smallest absolute Gasteiger partial charge is 0.341 e. The second-order valence-electron chi connectivity index (χ2n) is 11.2. The van der Waals surface area contributed by atoms with Gasteiger partial charge in [0.05, 0.1) is 12.2 Å². The Morgan fingerprint density at radius 1 is 0.976 bits per heavy atom. The van der Waals surface area contributed by atoms with Gasteiger partial charge in [-0.1, -0.05) is 5.57 Å². The van der Waals surface area contributed by atoms with Gasteiger partial charge in [-0.05, 0) is 33.8 Å². The molecule has 222 valence electrons. The maximum Gasteiger partial charge on any atom is 0.341 e. The molecule has 3 saturated heterocycles. The van der Waals surface area contributed by atoms with E-state index < -0.39 is 84.3 Å². The molecule has 1 aliphatic carbocycles. The second-order valence-corrected chi connectivity index (χ2v) is 11.2. The average molecular weight is 577 g/mol. The van der Waals surface area contributed by atoms with Crippen molar-refractivity contribution in [2.75, 3.05) is 19.8 Å². The molecule has 0 aromatic carbocycles. The van der Waals surface area contributed by atoms with Crippen LogP contribution in [0.3, 0.4) is 0 Å². The topological polar surface area (TPSA) is 169 Å². The summed E-state index contributed by atoms with van der Waals surface area (Å²) in [6.45, 7) is 8.37. The molecular weight excluding hydrogens is 544 g/mol. The Morgan fingerprint density at radius 2 is 1.68 bits per heavy atom. The quantitative estimate of drug-likeness (QED) is 0.131. The number of esters is 5. The summed E-state index contributed by atoms with van der Waals surface area (Å²) in [5.41, 5.74) is -1.13. The van der Waals surface area contributed by atoms with Crippen LogP contribution in [-0.4, -0.2) is 97.5 Å². The molecule has 13 heteroatoms. The molecule has 0 bridgehead atoms. The zero-order chi connectivity index (χ0) is 29.9. The minimum Gasteiger partial charge on any atom is -0.461 e. The maximum absolute atomic E-state index is 13.2. The van der Waals surface area contributed by atoms with Crippen LogP contribution in [-0.2, 0) is 61.9 Å². The van der Waals surface area contributed by atoms with Crippen LogP contribution in [0.2, 0.25) is 0 Å². The van der Waals surface area contributed by atoms with Crippen LogP contribution >= 0.6 is 0 Å². The predicted octanol–water partition coefficient (Wildman–Crippen LogP) is 0.778. The molecule has 0 aromatic rings. The van der Waals surface area contributed by atoms with Gasteiger partial charge in [0, 0.05) is 31.1 Å². The van der Waals surface area contributed by atoms with Crippen molar-refractivity contribution in [1.82, 2.24) is 0 Å². The van der Waals surface area contributed by atoms with E-state index >= 15 is 0 Å². The number of fused-ring (bicyclic) bond motifs is 5. The van der Waals surface area contributed by atoms with Gasteiger partial charge in [0.15, 0.2) is 23.9 Å². The first-order chi connectivity index (χ1) is 19.2. The van der Waals surface area contributed by atoms with E-state index in [1.165, 1.54) is 19.9 Å². The van der Waals surface area contributed by atoms with Crippen molar-refractivity contribution in [2.45, 2.75) is 89.4 Å². The lowest BCUT2D eigenvalue weighted by molar-refractivity contribution is -0.166. The molecule has 0 unspecified atom stereocenters. The summed E-state index contributed by atoms with van der Waals surface area (Å²) in [5.74, 6) is -3.64. The molecule has 0 spiro atoms. The first kappa shape index (κ1) is 29.0. The van der Waals surface area contributed by atoms with Gasteiger partial charge in [0.1, 0.15) is 37.1 Å². The Labute approximate surface area is 235 Å². The number of ether oxygens (including phenoxy) is 8. The summed E-state index contributed by atoms with van der Waals surface area (Å²) in [5, 5.41) is 0. The lowest BCUT2D eigenvalue weighted by atomic mass is 9.85. The minimum absolute atomic E-state index is 0.0843. The van der Waals surface area contributed by atoms with Crippen molar-refractivity contribution in [3.05, 3.63) is 34.4 Å². The zero-order valence-electron chi connectivity index (χ0n) is 23.5. The lowest BCUT2D eigenvalue weighted by Crippen LogP contribution is -2.45. The Hall–Kier alpha value is -3.55. The molecule has 41 heavy (non-hydrogen) atoms. The fourth-order valence-electron chi connectivity index (χ4n) is 5.09. The van der Waals surface area contributed by atoms with Gasteiger partial charge >= 0.3 is 29.8 Å². The summed E-state index contributed by atoms with van der Waals surface area (Å²) in [7, 11) is 0. The number of allylic oxidation sites excluding steroid dienone is 1. The number of carbonyl (C=O) groups is 5. The number of rotatable bonds is 8. The van der Waals surface area contributed by atoms with Crippen LogP contribution in [0.4, 0.5) is 0 Å².